The molecule has 3 rings (SSSR count). The molecule has 3 nitrogen and oxygen atoms in total. The molecule has 2 aromatic carbocycles. The number of hydrogen-bond acceptors (Lipinski definition) is 3. The molecule has 0 saturated carbocycles. The Hall–Kier alpha value is -2.59. The summed E-state index contributed by atoms with van der Waals surface area (Å²) in [5, 5.41) is 5.52. The van der Waals surface area contributed by atoms with Gasteiger partial charge in [-0.1, -0.05) is 42.5 Å². The average Bonchev–Trinajstić information content (AvgIpc) is 2.59. The Kier molecular flexibility index (Phi) is 4.51. The van der Waals surface area contributed by atoms with Crippen LogP contribution in [-0.4, -0.2) is 19.7 Å². The van der Waals surface area contributed by atoms with Crippen LogP contribution in [0, 0.1) is 0 Å². The zero-order chi connectivity index (χ0) is 15.2. The zero-order valence-electron chi connectivity index (χ0n) is 12.4. The van der Waals surface area contributed by atoms with Crippen molar-refractivity contribution in [1.29, 1.82) is 0 Å². The summed E-state index contributed by atoms with van der Waals surface area (Å²) in [6.45, 7) is 0. The number of fused-ring (bicyclic) bond motifs is 1. The first kappa shape index (κ1) is 14.4. The van der Waals surface area contributed by atoms with Gasteiger partial charge in [0, 0.05) is 30.6 Å². The fourth-order valence-corrected chi connectivity index (χ4v) is 2.38. The summed E-state index contributed by atoms with van der Waals surface area (Å²) in [7, 11) is 3.20. The van der Waals surface area contributed by atoms with Crippen LogP contribution in [0.4, 0.5) is 5.69 Å². The summed E-state index contributed by atoms with van der Waals surface area (Å²) < 4.78 is 4.97. The Bertz CT molecular complexity index is 787. The minimum absolute atomic E-state index is 1.03. The Morgan fingerprint density at radius 1 is 0.955 bits per heavy atom. The van der Waals surface area contributed by atoms with Gasteiger partial charge >= 0.3 is 7.62 Å². The normalized spacial score (nSPS) is 11.0. The maximum Gasteiger partial charge on any atom is 0.435 e. The van der Waals surface area contributed by atoms with Crippen molar-refractivity contribution < 1.29 is 4.65 Å². The number of hydrogen-bond donors (Lipinski definition) is 1. The van der Waals surface area contributed by atoms with Crippen molar-refractivity contribution in [3.05, 3.63) is 72.1 Å². The van der Waals surface area contributed by atoms with E-state index < -0.39 is 0 Å². The van der Waals surface area contributed by atoms with Gasteiger partial charge in [-0.15, -0.1) is 0 Å². The number of benzene rings is 2. The van der Waals surface area contributed by atoms with Crippen LogP contribution >= 0.6 is 0 Å². The van der Waals surface area contributed by atoms with Gasteiger partial charge in [0.05, 0.1) is 0 Å². The van der Waals surface area contributed by atoms with Gasteiger partial charge in [0.2, 0.25) is 0 Å². The molecular weight excluding hydrogens is 271 g/mol. The standard InChI is InChI=1S/C18H16BN2O/c1-22-19-21-18-9-8-15(16-4-2-3-5-17(16)18)7-6-14-10-12-20-13-11-14/h2-13,21H,1H3/b7-6+. The van der Waals surface area contributed by atoms with Crippen LogP contribution in [0.3, 0.4) is 0 Å². The molecule has 0 fully saturated rings. The van der Waals surface area contributed by atoms with Crippen molar-refractivity contribution in [2.75, 3.05) is 12.3 Å². The predicted molar refractivity (Wildman–Crippen MR) is 93.5 cm³/mol. The van der Waals surface area contributed by atoms with Gasteiger partial charge < -0.3 is 9.88 Å². The molecule has 0 atom stereocenters. The Balaban J connectivity index is 1.99. The summed E-state index contributed by atoms with van der Waals surface area (Å²) in [5.74, 6) is 0. The topological polar surface area (TPSA) is 34.1 Å². The molecular formula is C18H16BN2O. The molecule has 22 heavy (non-hydrogen) atoms. The number of nitrogens with zero attached hydrogens (tertiary/aromatic N) is 1. The number of aromatic nitrogens is 1. The summed E-state index contributed by atoms with van der Waals surface area (Å²) in [4.78, 5) is 4.03. The second-order valence-electron chi connectivity index (χ2n) is 4.86. The maximum absolute atomic E-state index is 4.97. The highest BCUT2D eigenvalue weighted by Crippen LogP contribution is 2.27. The minimum atomic E-state index is 1.03. The summed E-state index contributed by atoms with van der Waals surface area (Å²) in [6, 6.07) is 16.5. The molecule has 0 unspecified atom stereocenters. The molecule has 0 aliphatic heterocycles. The van der Waals surface area contributed by atoms with Crippen molar-refractivity contribution >= 4 is 36.2 Å². The lowest BCUT2D eigenvalue weighted by molar-refractivity contribution is 0.446. The van der Waals surface area contributed by atoms with Crippen LogP contribution in [0.2, 0.25) is 0 Å². The fourth-order valence-electron chi connectivity index (χ4n) is 2.38. The van der Waals surface area contributed by atoms with E-state index in [1.165, 1.54) is 10.9 Å². The van der Waals surface area contributed by atoms with Gasteiger partial charge in [0.1, 0.15) is 0 Å². The van der Waals surface area contributed by atoms with Crippen molar-refractivity contribution in [2.24, 2.45) is 0 Å². The van der Waals surface area contributed by atoms with E-state index in [1.807, 2.05) is 18.2 Å². The van der Waals surface area contributed by atoms with Crippen LogP contribution in [0.1, 0.15) is 11.1 Å². The molecule has 0 spiro atoms. The van der Waals surface area contributed by atoms with E-state index in [1.54, 1.807) is 27.1 Å². The van der Waals surface area contributed by atoms with E-state index in [0.717, 1.165) is 16.6 Å². The van der Waals surface area contributed by atoms with Crippen molar-refractivity contribution in [3.63, 3.8) is 0 Å². The number of rotatable bonds is 5. The van der Waals surface area contributed by atoms with E-state index >= 15 is 0 Å². The van der Waals surface area contributed by atoms with Crippen molar-refractivity contribution in [1.82, 2.24) is 4.98 Å². The monoisotopic (exact) mass is 287 g/mol. The predicted octanol–water partition coefficient (Wildman–Crippen LogP) is 4.00. The Morgan fingerprint density at radius 3 is 2.50 bits per heavy atom. The number of pyridine rings is 1. The third-order valence-corrected chi connectivity index (χ3v) is 3.45. The molecule has 0 bridgehead atoms. The molecule has 1 radical (unpaired) electrons. The average molecular weight is 287 g/mol. The lowest BCUT2D eigenvalue weighted by atomic mass is 10.0. The fraction of sp³-hybridized carbons (Fsp3) is 0.0556. The first-order valence-corrected chi connectivity index (χ1v) is 7.09. The van der Waals surface area contributed by atoms with E-state index in [-0.39, 0.29) is 0 Å². The zero-order valence-corrected chi connectivity index (χ0v) is 12.4. The molecule has 0 aliphatic carbocycles. The van der Waals surface area contributed by atoms with Gasteiger partial charge in [0.15, 0.2) is 0 Å². The molecule has 0 aliphatic rings. The molecule has 1 aromatic heterocycles. The van der Waals surface area contributed by atoms with E-state index in [2.05, 4.69) is 52.7 Å². The third-order valence-electron chi connectivity index (χ3n) is 3.45. The van der Waals surface area contributed by atoms with Gasteiger partial charge in [-0.2, -0.15) is 0 Å². The molecule has 4 heteroatoms. The molecule has 107 valence electrons. The maximum atomic E-state index is 4.97. The highest BCUT2D eigenvalue weighted by atomic mass is 16.4. The van der Waals surface area contributed by atoms with Gasteiger partial charge in [0.25, 0.3) is 0 Å². The summed E-state index contributed by atoms with van der Waals surface area (Å²) in [6.07, 6.45) is 7.82. The minimum Gasteiger partial charge on any atom is -0.422 e. The lowest BCUT2D eigenvalue weighted by Gasteiger charge is -2.10. The Morgan fingerprint density at radius 2 is 1.73 bits per heavy atom. The largest absolute Gasteiger partial charge is 0.435 e. The van der Waals surface area contributed by atoms with E-state index in [0.29, 0.717) is 0 Å². The molecule has 1 heterocycles. The lowest BCUT2D eigenvalue weighted by Crippen LogP contribution is -2.08. The van der Waals surface area contributed by atoms with E-state index in [9.17, 15) is 0 Å². The van der Waals surface area contributed by atoms with Crippen molar-refractivity contribution in [2.45, 2.75) is 0 Å². The van der Waals surface area contributed by atoms with Crippen LogP contribution < -0.4 is 5.23 Å². The first-order chi connectivity index (χ1) is 10.9. The van der Waals surface area contributed by atoms with Crippen molar-refractivity contribution in [3.8, 4) is 0 Å². The SMILES string of the molecule is CO[B]Nc1ccc(/C=C/c2ccncc2)c2ccccc12. The summed E-state index contributed by atoms with van der Waals surface area (Å²) >= 11 is 0. The van der Waals surface area contributed by atoms with Crippen LogP contribution in [0.5, 0.6) is 0 Å². The molecule has 1 N–H and O–H groups in total. The van der Waals surface area contributed by atoms with Gasteiger partial charge in [-0.25, -0.2) is 0 Å². The second kappa shape index (κ2) is 6.92. The van der Waals surface area contributed by atoms with Gasteiger partial charge in [-0.05, 0) is 34.7 Å². The smallest absolute Gasteiger partial charge is 0.422 e. The van der Waals surface area contributed by atoms with Gasteiger partial charge in [-0.3, -0.25) is 4.98 Å². The van der Waals surface area contributed by atoms with Crippen LogP contribution in [-0.2, 0) is 4.65 Å². The van der Waals surface area contributed by atoms with Crippen LogP contribution in [0.25, 0.3) is 22.9 Å². The molecule has 0 saturated heterocycles. The highest BCUT2D eigenvalue weighted by Gasteiger charge is 2.04. The molecule has 0 amide bonds. The quantitative estimate of drug-likeness (QED) is 0.720. The Labute approximate surface area is 131 Å². The summed E-state index contributed by atoms with van der Waals surface area (Å²) in [5.41, 5.74) is 3.34. The second-order valence-corrected chi connectivity index (χ2v) is 4.86. The molecule has 3 aromatic rings. The third kappa shape index (κ3) is 3.18. The first-order valence-electron chi connectivity index (χ1n) is 7.09. The van der Waals surface area contributed by atoms with Crippen LogP contribution in [0.15, 0.2) is 60.9 Å². The van der Waals surface area contributed by atoms with E-state index in [4.69, 9.17) is 4.65 Å². The number of nitrogens with one attached hydrogen (secondary N) is 1. The highest BCUT2D eigenvalue weighted by molar-refractivity contribution is 6.33. The number of anilines is 1.